The molecule has 58 heavy (non-hydrogen) atoms. The van der Waals surface area contributed by atoms with Gasteiger partial charge in [0.15, 0.2) is 0 Å². The molecule has 2 aliphatic rings. The lowest BCUT2D eigenvalue weighted by molar-refractivity contribution is 0.376. The molecule has 0 fully saturated rings. The van der Waals surface area contributed by atoms with Gasteiger partial charge in [0.25, 0.3) is 0 Å². The maximum absolute atomic E-state index is 12.7. The van der Waals surface area contributed by atoms with Crippen LogP contribution in [0.2, 0.25) is 0 Å². The highest BCUT2D eigenvalue weighted by molar-refractivity contribution is 6.17. The van der Waals surface area contributed by atoms with Crippen LogP contribution in [-0.4, -0.2) is 60.9 Å². The van der Waals surface area contributed by atoms with Crippen molar-refractivity contribution in [3.63, 3.8) is 0 Å². The van der Waals surface area contributed by atoms with Crippen LogP contribution in [0.5, 0.6) is 46.0 Å². The minimum Gasteiger partial charge on any atom is -0.507 e. The van der Waals surface area contributed by atoms with Gasteiger partial charge in [0.1, 0.15) is 46.0 Å². The molecule has 4 atom stereocenters. The van der Waals surface area contributed by atoms with Crippen LogP contribution in [0.1, 0.15) is 73.2 Å². The van der Waals surface area contributed by atoms with Crippen molar-refractivity contribution in [1.29, 1.82) is 0 Å². The van der Waals surface area contributed by atoms with Gasteiger partial charge >= 0.3 is 0 Å². The fraction of sp³-hybridized carbons (Fsp3) is 0.333. The first-order chi connectivity index (χ1) is 27.7. The number of hydrogen-bond donors (Lipinski definition) is 6. The lowest BCUT2D eigenvalue weighted by Crippen LogP contribution is -2.36. The summed E-state index contributed by atoms with van der Waals surface area (Å²) >= 11 is 0. The first-order valence-electron chi connectivity index (χ1n) is 19.8. The van der Waals surface area contributed by atoms with Gasteiger partial charge in [0.05, 0.1) is 39.2 Å². The molecule has 2 aliphatic heterocycles. The molecule has 302 valence electrons. The number of nitrogens with one attached hydrogen (secondary N) is 2. The summed E-state index contributed by atoms with van der Waals surface area (Å²) in [4.78, 5) is 0. The molecule has 2 heterocycles. The van der Waals surface area contributed by atoms with Crippen LogP contribution < -0.4 is 29.6 Å². The zero-order valence-corrected chi connectivity index (χ0v) is 34.8. The van der Waals surface area contributed by atoms with E-state index >= 15 is 0 Å². The van der Waals surface area contributed by atoms with Crippen LogP contribution in [-0.2, 0) is 12.8 Å². The largest absolute Gasteiger partial charge is 0.507 e. The first kappa shape index (κ1) is 39.0. The second-order valence-corrected chi connectivity index (χ2v) is 16.1. The van der Waals surface area contributed by atoms with Crippen molar-refractivity contribution in [2.24, 2.45) is 0 Å². The number of fused-ring (bicyclic) bond motifs is 4. The molecule has 0 spiro atoms. The van der Waals surface area contributed by atoms with Crippen LogP contribution in [0.3, 0.4) is 0 Å². The molecule has 0 saturated carbocycles. The summed E-state index contributed by atoms with van der Waals surface area (Å²) in [5, 5.41) is 58.1. The molecule has 0 radical (unpaired) electrons. The molecule has 8 rings (SSSR count). The number of phenolic OH excluding ortho intramolecular Hbond substituents is 4. The Kier molecular flexibility index (Phi) is 9.76. The lowest BCUT2D eigenvalue weighted by atomic mass is 9.79. The van der Waals surface area contributed by atoms with Crippen molar-refractivity contribution >= 4 is 21.5 Å². The van der Waals surface area contributed by atoms with Crippen molar-refractivity contribution in [2.75, 3.05) is 28.4 Å². The third kappa shape index (κ3) is 5.91. The van der Waals surface area contributed by atoms with Gasteiger partial charge in [0, 0.05) is 69.5 Å². The second kappa shape index (κ2) is 14.5. The number of hydrogen-bond acceptors (Lipinski definition) is 10. The van der Waals surface area contributed by atoms with Crippen molar-refractivity contribution in [2.45, 2.75) is 78.6 Å². The van der Waals surface area contributed by atoms with E-state index in [-0.39, 0.29) is 47.2 Å². The molecular weight excluding hydrogens is 733 g/mol. The SMILES string of the molecule is COc1cc(O)c(-c2cc(-c3c(C)cc(O)c4c(OC)ccc(-c5c(O)cc(OC)c6c5CC(C)NC6C)c34)c(O)c3c(OC)cc(C)cc23)c2c1C(C)NC(C)C2. The summed E-state index contributed by atoms with van der Waals surface area (Å²) in [6.45, 7) is 12.3. The van der Waals surface area contributed by atoms with Gasteiger partial charge in [-0.15, -0.1) is 0 Å². The Morgan fingerprint density at radius 2 is 1.05 bits per heavy atom. The number of aromatic hydroxyl groups is 4. The molecule has 0 saturated heterocycles. The molecular formula is C48H52N2O8. The third-order valence-corrected chi connectivity index (χ3v) is 12.2. The summed E-state index contributed by atoms with van der Waals surface area (Å²) in [5.74, 6) is 2.12. The van der Waals surface area contributed by atoms with E-state index in [1.54, 1.807) is 52.7 Å². The zero-order chi connectivity index (χ0) is 41.5. The summed E-state index contributed by atoms with van der Waals surface area (Å²) in [6, 6.07) is 14.6. The molecule has 6 N–H and O–H groups in total. The number of rotatable bonds is 7. The third-order valence-electron chi connectivity index (χ3n) is 12.2. The standard InChI is InChI=1S/C48H52N2O8/c1-21-13-28-29(44-31-17-24(4)50-26(6)42(31)39(58-10)20-35(44)53)18-32(48(54)45(28)37(14-21)56-8)40-22(2)15-33(51)47-36(55-7)12-11-27(46(40)47)43-30-16-23(3)49-25(5)41(30)38(57-9)19-34(43)52/h11-15,18-20,23-26,49-54H,16-17H2,1-10H3. The van der Waals surface area contributed by atoms with E-state index in [9.17, 15) is 20.4 Å². The normalized spacial score (nSPS) is 18.9. The Morgan fingerprint density at radius 1 is 0.517 bits per heavy atom. The quantitative estimate of drug-likeness (QED) is 0.0927. The van der Waals surface area contributed by atoms with Crippen LogP contribution >= 0.6 is 0 Å². The monoisotopic (exact) mass is 784 g/mol. The Hall–Kier alpha value is -5.84. The van der Waals surface area contributed by atoms with Gasteiger partial charge in [0.2, 0.25) is 0 Å². The maximum Gasteiger partial charge on any atom is 0.135 e. The van der Waals surface area contributed by atoms with Gasteiger partial charge in [-0.2, -0.15) is 0 Å². The van der Waals surface area contributed by atoms with Crippen LogP contribution in [0.15, 0.2) is 48.5 Å². The average molecular weight is 785 g/mol. The summed E-state index contributed by atoms with van der Waals surface area (Å²) in [6.07, 6.45) is 1.23. The molecule has 0 bridgehead atoms. The smallest absolute Gasteiger partial charge is 0.135 e. The van der Waals surface area contributed by atoms with E-state index < -0.39 is 0 Å². The molecule has 0 aromatic heterocycles. The number of ether oxygens (including phenoxy) is 4. The van der Waals surface area contributed by atoms with E-state index in [0.717, 1.165) is 27.8 Å². The molecule has 4 unspecified atom stereocenters. The maximum atomic E-state index is 12.7. The summed E-state index contributed by atoms with van der Waals surface area (Å²) in [7, 11) is 6.36. The number of aryl methyl sites for hydroxylation is 2. The van der Waals surface area contributed by atoms with Gasteiger partial charge in [-0.05, 0) is 129 Å². The van der Waals surface area contributed by atoms with E-state index in [1.165, 1.54) is 0 Å². The Bertz CT molecular complexity index is 2670. The topological polar surface area (TPSA) is 142 Å². The van der Waals surface area contributed by atoms with Crippen molar-refractivity contribution in [1.82, 2.24) is 10.6 Å². The number of phenols is 4. The van der Waals surface area contributed by atoms with Gasteiger partial charge in [-0.25, -0.2) is 0 Å². The Balaban J connectivity index is 1.57. The molecule has 6 aromatic rings. The van der Waals surface area contributed by atoms with E-state index in [2.05, 4.69) is 38.3 Å². The van der Waals surface area contributed by atoms with Crippen molar-refractivity contribution < 1.29 is 39.4 Å². The molecule has 10 heteroatoms. The highest BCUT2D eigenvalue weighted by atomic mass is 16.5. The first-order valence-corrected chi connectivity index (χ1v) is 19.8. The second-order valence-electron chi connectivity index (χ2n) is 16.1. The van der Waals surface area contributed by atoms with Crippen LogP contribution in [0, 0.1) is 13.8 Å². The van der Waals surface area contributed by atoms with E-state index in [4.69, 9.17) is 18.9 Å². The number of methoxy groups -OCH3 is 4. The average Bonchev–Trinajstić information content (AvgIpc) is 3.17. The Labute approximate surface area is 339 Å². The Morgan fingerprint density at radius 3 is 1.59 bits per heavy atom. The van der Waals surface area contributed by atoms with E-state index in [0.29, 0.717) is 96.3 Å². The van der Waals surface area contributed by atoms with Gasteiger partial charge in [-0.3, -0.25) is 0 Å². The zero-order valence-electron chi connectivity index (χ0n) is 34.8. The van der Waals surface area contributed by atoms with E-state index in [1.807, 2.05) is 38.1 Å². The molecule has 0 amide bonds. The minimum absolute atomic E-state index is 0.00808. The number of benzene rings is 6. The molecule has 0 aliphatic carbocycles. The van der Waals surface area contributed by atoms with Crippen molar-refractivity contribution in [3.05, 3.63) is 81.9 Å². The predicted molar refractivity (Wildman–Crippen MR) is 230 cm³/mol. The summed E-state index contributed by atoms with van der Waals surface area (Å²) < 4.78 is 23.6. The highest BCUT2D eigenvalue weighted by Gasteiger charge is 2.34. The highest BCUT2D eigenvalue weighted by Crippen LogP contribution is 2.56. The van der Waals surface area contributed by atoms with Crippen molar-refractivity contribution in [3.8, 4) is 79.4 Å². The van der Waals surface area contributed by atoms with Gasteiger partial charge in [-0.1, -0.05) is 6.07 Å². The van der Waals surface area contributed by atoms with Crippen LogP contribution in [0.4, 0.5) is 0 Å². The fourth-order valence-electron chi connectivity index (χ4n) is 10.0. The molecule has 10 nitrogen and oxygen atoms in total. The van der Waals surface area contributed by atoms with Gasteiger partial charge < -0.3 is 50.0 Å². The van der Waals surface area contributed by atoms with Crippen LogP contribution in [0.25, 0.3) is 54.9 Å². The summed E-state index contributed by atoms with van der Waals surface area (Å²) in [5.41, 5.74) is 9.06. The lowest BCUT2D eigenvalue weighted by Gasteiger charge is -2.33. The molecule has 6 aromatic carbocycles. The minimum atomic E-state index is -0.0704. The predicted octanol–water partition coefficient (Wildman–Crippen LogP) is 9.66. The fourth-order valence-corrected chi connectivity index (χ4v) is 10.0.